The third-order valence-electron chi connectivity index (χ3n) is 7.76. The van der Waals surface area contributed by atoms with Crippen LogP contribution in [0.15, 0.2) is 42.7 Å². The molecule has 1 unspecified atom stereocenters. The molecule has 1 aromatic carbocycles. The molecule has 2 aromatic rings. The van der Waals surface area contributed by atoms with E-state index in [0.29, 0.717) is 5.92 Å². The number of hydrogen-bond donors (Lipinski definition) is 0. The van der Waals surface area contributed by atoms with Crippen LogP contribution in [0, 0.1) is 11.8 Å². The average Bonchev–Trinajstić information content (AvgIpc) is 2.83. The lowest BCUT2D eigenvalue weighted by Crippen LogP contribution is -2.19. The van der Waals surface area contributed by atoms with Gasteiger partial charge in [-0.15, -0.1) is 0 Å². The average molecular weight is 420 g/mol. The summed E-state index contributed by atoms with van der Waals surface area (Å²) < 4.78 is 0. The molecule has 170 valence electrons. The van der Waals surface area contributed by atoms with Crippen LogP contribution >= 0.6 is 0 Å². The summed E-state index contributed by atoms with van der Waals surface area (Å²) in [6, 6.07) is 11.4. The molecule has 1 heteroatoms. The molecule has 1 aliphatic rings. The Morgan fingerprint density at radius 3 is 2.35 bits per heavy atom. The van der Waals surface area contributed by atoms with E-state index in [-0.39, 0.29) is 0 Å². The molecular formula is C30H45N. The van der Waals surface area contributed by atoms with Crippen LogP contribution in [-0.4, -0.2) is 4.98 Å². The molecule has 1 heterocycles. The normalized spacial score (nSPS) is 20.0. The highest BCUT2D eigenvalue weighted by Gasteiger charge is 2.27. The Hall–Kier alpha value is -1.63. The van der Waals surface area contributed by atoms with Gasteiger partial charge < -0.3 is 0 Å². The summed E-state index contributed by atoms with van der Waals surface area (Å²) in [5, 5.41) is 0. The topological polar surface area (TPSA) is 12.9 Å². The van der Waals surface area contributed by atoms with Gasteiger partial charge in [0.1, 0.15) is 0 Å². The molecule has 1 atom stereocenters. The zero-order valence-electron chi connectivity index (χ0n) is 20.4. The van der Waals surface area contributed by atoms with E-state index in [1.165, 1.54) is 106 Å². The van der Waals surface area contributed by atoms with Crippen molar-refractivity contribution in [2.75, 3.05) is 0 Å². The number of aryl methyl sites for hydroxylation is 1. The second-order valence-electron chi connectivity index (χ2n) is 10.00. The van der Waals surface area contributed by atoms with Crippen LogP contribution in [0.4, 0.5) is 0 Å². The molecule has 0 bridgehead atoms. The minimum Gasteiger partial charge on any atom is -0.264 e. The Labute approximate surface area is 192 Å². The van der Waals surface area contributed by atoms with E-state index in [1.54, 1.807) is 0 Å². The largest absolute Gasteiger partial charge is 0.264 e. The SMILES string of the molecule is CCCCCCCc1ccccc1-c1ccncc1C(C)C1CCC(CCCC)CC1. The molecule has 31 heavy (non-hydrogen) atoms. The summed E-state index contributed by atoms with van der Waals surface area (Å²) in [7, 11) is 0. The summed E-state index contributed by atoms with van der Waals surface area (Å²) in [5.41, 5.74) is 5.86. The van der Waals surface area contributed by atoms with E-state index in [1.807, 2.05) is 6.20 Å². The first kappa shape index (κ1) is 24.0. The van der Waals surface area contributed by atoms with Crippen LogP contribution in [0.1, 0.15) is 115 Å². The number of nitrogens with zero attached hydrogens (tertiary/aromatic N) is 1. The Kier molecular flexibility index (Phi) is 10.1. The van der Waals surface area contributed by atoms with Crippen molar-refractivity contribution in [2.45, 2.75) is 110 Å². The molecule has 1 aliphatic carbocycles. The summed E-state index contributed by atoms with van der Waals surface area (Å²) in [6.45, 7) is 7.07. The van der Waals surface area contributed by atoms with E-state index in [9.17, 15) is 0 Å². The van der Waals surface area contributed by atoms with E-state index >= 15 is 0 Å². The van der Waals surface area contributed by atoms with Gasteiger partial charge in [0.15, 0.2) is 0 Å². The van der Waals surface area contributed by atoms with Gasteiger partial charge in [-0.1, -0.05) is 103 Å². The molecule has 1 fully saturated rings. The van der Waals surface area contributed by atoms with Crippen molar-refractivity contribution in [2.24, 2.45) is 11.8 Å². The number of benzene rings is 1. The second-order valence-corrected chi connectivity index (χ2v) is 10.00. The lowest BCUT2D eigenvalue weighted by atomic mass is 9.72. The van der Waals surface area contributed by atoms with E-state index in [4.69, 9.17) is 0 Å². The monoisotopic (exact) mass is 419 g/mol. The summed E-state index contributed by atoms with van der Waals surface area (Å²) in [6.07, 6.45) is 21.9. The van der Waals surface area contributed by atoms with E-state index < -0.39 is 0 Å². The van der Waals surface area contributed by atoms with Crippen LogP contribution in [0.3, 0.4) is 0 Å². The van der Waals surface area contributed by atoms with Gasteiger partial charge in [-0.05, 0) is 71.8 Å². The highest BCUT2D eigenvalue weighted by atomic mass is 14.6. The predicted octanol–water partition coefficient (Wildman–Crippen LogP) is 9.36. The summed E-state index contributed by atoms with van der Waals surface area (Å²) >= 11 is 0. The van der Waals surface area contributed by atoms with Crippen LogP contribution < -0.4 is 0 Å². The first-order valence-electron chi connectivity index (χ1n) is 13.3. The standard InChI is InChI=1S/C30H45N/c1-4-6-8-9-10-14-27-15-11-12-16-28(27)29-21-22-31-23-30(29)24(3)26-19-17-25(18-20-26)13-7-5-2/h11-12,15-16,21-26H,4-10,13-14,17-20H2,1-3H3. The Morgan fingerprint density at radius 1 is 0.839 bits per heavy atom. The maximum Gasteiger partial charge on any atom is 0.0308 e. The van der Waals surface area contributed by atoms with Crippen molar-refractivity contribution in [3.05, 3.63) is 53.9 Å². The highest BCUT2D eigenvalue weighted by Crippen LogP contribution is 2.42. The van der Waals surface area contributed by atoms with Crippen LogP contribution in [0.25, 0.3) is 11.1 Å². The smallest absolute Gasteiger partial charge is 0.0308 e. The number of hydrogen-bond acceptors (Lipinski definition) is 1. The molecule has 0 N–H and O–H groups in total. The molecule has 0 radical (unpaired) electrons. The summed E-state index contributed by atoms with van der Waals surface area (Å²) in [4.78, 5) is 4.57. The number of pyridine rings is 1. The fraction of sp³-hybridized carbons (Fsp3) is 0.633. The van der Waals surface area contributed by atoms with Gasteiger partial charge in [0, 0.05) is 12.4 Å². The molecule has 0 aliphatic heterocycles. The lowest BCUT2D eigenvalue weighted by molar-refractivity contribution is 0.237. The van der Waals surface area contributed by atoms with E-state index in [0.717, 1.165) is 11.8 Å². The second kappa shape index (κ2) is 13.0. The third kappa shape index (κ3) is 6.93. The van der Waals surface area contributed by atoms with Gasteiger partial charge in [-0.25, -0.2) is 0 Å². The molecule has 0 amide bonds. The van der Waals surface area contributed by atoms with Crippen LogP contribution in [-0.2, 0) is 6.42 Å². The predicted molar refractivity (Wildman–Crippen MR) is 136 cm³/mol. The van der Waals surface area contributed by atoms with Crippen molar-refractivity contribution in [3.8, 4) is 11.1 Å². The van der Waals surface area contributed by atoms with Crippen molar-refractivity contribution < 1.29 is 0 Å². The fourth-order valence-corrected chi connectivity index (χ4v) is 5.66. The molecule has 1 aromatic heterocycles. The van der Waals surface area contributed by atoms with Gasteiger partial charge in [-0.3, -0.25) is 4.98 Å². The zero-order chi connectivity index (χ0) is 21.9. The zero-order valence-corrected chi connectivity index (χ0v) is 20.4. The Morgan fingerprint density at radius 2 is 1.58 bits per heavy atom. The van der Waals surface area contributed by atoms with Gasteiger partial charge in [0.25, 0.3) is 0 Å². The third-order valence-corrected chi connectivity index (χ3v) is 7.76. The van der Waals surface area contributed by atoms with Crippen molar-refractivity contribution in [1.82, 2.24) is 4.98 Å². The highest BCUT2D eigenvalue weighted by molar-refractivity contribution is 5.71. The van der Waals surface area contributed by atoms with Crippen molar-refractivity contribution in [1.29, 1.82) is 0 Å². The fourth-order valence-electron chi connectivity index (χ4n) is 5.66. The van der Waals surface area contributed by atoms with Gasteiger partial charge in [0.2, 0.25) is 0 Å². The lowest BCUT2D eigenvalue weighted by Gasteiger charge is -2.33. The maximum atomic E-state index is 4.57. The Balaban J connectivity index is 1.71. The van der Waals surface area contributed by atoms with Crippen molar-refractivity contribution >= 4 is 0 Å². The number of unbranched alkanes of at least 4 members (excludes halogenated alkanes) is 5. The molecule has 0 saturated heterocycles. The van der Waals surface area contributed by atoms with Crippen molar-refractivity contribution in [3.63, 3.8) is 0 Å². The molecule has 1 saturated carbocycles. The number of rotatable bonds is 12. The maximum absolute atomic E-state index is 4.57. The molecule has 3 rings (SSSR count). The van der Waals surface area contributed by atoms with Crippen LogP contribution in [0.2, 0.25) is 0 Å². The quantitative estimate of drug-likeness (QED) is 0.312. The van der Waals surface area contributed by atoms with Gasteiger partial charge >= 0.3 is 0 Å². The van der Waals surface area contributed by atoms with Gasteiger partial charge in [0.05, 0.1) is 0 Å². The Bertz CT molecular complexity index is 757. The molecular weight excluding hydrogens is 374 g/mol. The number of aromatic nitrogens is 1. The first-order valence-corrected chi connectivity index (χ1v) is 13.3. The minimum absolute atomic E-state index is 0.591. The van der Waals surface area contributed by atoms with E-state index in [2.05, 4.69) is 62.3 Å². The van der Waals surface area contributed by atoms with Crippen LogP contribution in [0.5, 0.6) is 0 Å². The van der Waals surface area contributed by atoms with Gasteiger partial charge in [-0.2, -0.15) is 0 Å². The first-order chi connectivity index (χ1) is 15.2. The minimum atomic E-state index is 0.591. The molecule has 0 spiro atoms. The summed E-state index contributed by atoms with van der Waals surface area (Å²) in [5.74, 6) is 2.38. The molecule has 1 nitrogen and oxygen atoms in total.